The fourth-order valence-electron chi connectivity index (χ4n) is 2.39. The number of hydrogen-bond acceptors (Lipinski definition) is 0. The van der Waals surface area contributed by atoms with Crippen LogP contribution in [-0.2, 0) is 26.2 Å². The summed E-state index contributed by atoms with van der Waals surface area (Å²) < 4.78 is 0. The Labute approximate surface area is 174 Å². The first-order chi connectivity index (χ1) is 9.80. The molecular weight excluding hydrogens is 440 g/mol. The van der Waals surface area contributed by atoms with Gasteiger partial charge in [0.2, 0.25) is 0 Å². The van der Waals surface area contributed by atoms with Crippen LogP contribution in [-0.4, -0.2) is 10.6 Å². The molecule has 0 fully saturated rings. The Morgan fingerprint density at radius 1 is 0.739 bits per heavy atom. The summed E-state index contributed by atoms with van der Waals surface area (Å²) in [5.74, 6) is 0. The third kappa shape index (κ3) is 5.63. The maximum atomic E-state index is 2.30. The molecule has 2 heterocycles. The van der Waals surface area contributed by atoms with Crippen LogP contribution in [0.15, 0.2) is 70.4 Å². The minimum Gasteiger partial charge on any atom is -1.00 e. The van der Waals surface area contributed by atoms with Gasteiger partial charge in [0.25, 0.3) is 0 Å². The molecule has 0 radical (unpaired) electrons. The number of rotatable bonds is 2. The SMILES string of the molecule is CCC1=PC2=CC=CC2=C1.CCC1=PC2=CC=CC2=C1.[Cl-].[Cl-].[Zr+2]. The minimum atomic E-state index is 0. The Hall–Kier alpha value is 0.243. The van der Waals surface area contributed by atoms with Crippen molar-refractivity contribution < 1.29 is 51.0 Å². The van der Waals surface area contributed by atoms with E-state index in [0.29, 0.717) is 0 Å². The van der Waals surface area contributed by atoms with Gasteiger partial charge in [0, 0.05) is 10.6 Å². The second-order valence-electron chi connectivity index (χ2n) is 4.93. The maximum absolute atomic E-state index is 2.30. The van der Waals surface area contributed by atoms with Crippen LogP contribution in [0.1, 0.15) is 26.7 Å². The molecule has 0 aromatic carbocycles. The molecule has 0 N–H and O–H groups in total. The van der Waals surface area contributed by atoms with Gasteiger partial charge in [-0.25, -0.2) is 0 Å². The standard InChI is InChI=1S/2C9H9P.2ClH.Zr/c2*1-2-8-6-7-4-3-5-9(7)10-8;;;/h2*3-6H,2H2,1H3;2*1H;/q;;;;+2/p-2. The summed E-state index contributed by atoms with van der Waals surface area (Å²) >= 11 is 0. The summed E-state index contributed by atoms with van der Waals surface area (Å²) in [6.07, 6.45) is 20.0. The van der Waals surface area contributed by atoms with Crippen molar-refractivity contribution in [2.24, 2.45) is 0 Å². The fraction of sp³-hybridized carbons (Fsp3) is 0.222. The molecule has 2 aliphatic carbocycles. The topological polar surface area (TPSA) is 0 Å². The third-order valence-corrected chi connectivity index (χ3v) is 6.31. The first-order valence-corrected chi connectivity index (χ1v) is 8.95. The van der Waals surface area contributed by atoms with E-state index in [1.54, 1.807) is 10.6 Å². The molecular formula is C18H18Cl2P2Zr. The molecule has 23 heavy (non-hydrogen) atoms. The summed E-state index contributed by atoms with van der Waals surface area (Å²) in [6, 6.07) is 0. The summed E-state index contributed by atoms with van der Waals surface area (Å²) in [4.78, 5) is 0. The summed E-state index contributed by atoms with van der Waals surface area (Å²) in [5, 5.41) is 6.06. The van der Waals surface area contributed by atoms with E-state index in [4.69, 9.17) is 0 Å². The van der Waals surface area contributed by atoms with Crippen LogP contribution in [0.4, 0.5) is 0 Å². The molecule has 0 spiro atoms. The van der Waals surface area contributed by atoms with E-state index in [9.17, 15) is 0 Å². The van der Waals surface area contributed by atoms with Crippen LogP contribution in [0.5, 0.6) is 0 Å². The molecule has 5 heteroatoms. The van der Waals surface area contributed by atoms with Gasteiger partial charge in [-0.2, -0.15) is 0 Å². The van der Waals surface area contributed by atoms with Crippen LogP contribution >= 0.6 is 16.4 Å². The van der Waals surface area contributed by atoms with Crippen molar-refractivity contribution in [2.45, 2.75) is 26.7 Å². The number of fused-ring (bicyclic) bond motifs is 2. The Morgan fingerprint density at radius 2 is 1.13 bits per heavy atom. The van der Waals surface area contributed by atoms with Crippen molar-refractivity contribution in [3.05, 3.63) is 70.4 Å². The molecule has 4 aliphatic rings. The van der Waals surface area contributed by atoms with E-state index in [-0.39, 0.29) is 51.0 Å². The second-order valence-corrected chi connectivity index (χ2v) is 7.49. The molecule has 0 unspecified atom stereocenters. The molecule has 0 amide bonds. The first-order valence-electron chi connectivity index (χ1n) is 7.16. The van der Waals surface area contributed by atoms with E-state index in [0.717, 1.165) is 0 Å². The monoisotopic (exact) mass is 456 g/mol. The van der Waals surface area contributed by atoms with Gasteiger partial charge < -0.3 is 24.8 Å². The van der Waals surface area contributed by atoms with Crippen molar-refractivity contribution >= 4 is 27.0 Å². The van der Waals surface area contributed by atoms with Gasteiger partial charge in [0.15, 0.2) is 0 Å². The quantitative estimate of drug-likeness (QED) is 0.504. The van der Waals surface area contributed by atoms with Crippen molar-refractivity contribution in [1.29, 1.82) is 0 Å². The average molecular weight is 458 g/mol. The normalized spacial score (nSPS) is 19.0. The summed E-state index contributed by atoms with van der Waals surface area (Å²) in [6.45, 7) is 4.43. The molecule has 0 aromatic rings. The smallest absolute Gasteiger partial charge is 1.00 e. The molecule has 0 saturated heterocycles. The third-order valence-electron chi connectivity index (χ3n) is 3.55. The van der Waals surface area contributed by atoms with Crippen molar-refractivity contribution in [3.8, 4) is 0 Å². The molecule has 0 bridgehead atoms. The number of hydrogen-bond donors (Lipinski definition) is 0. The van der Waals surface area contributed by atoms with Gasteiger partial charge in [0.05, 0.1) is 0 Å². The van der Waals surface area contributed by atoms with Crippen LogP contribution in [0, 0.1) is 0 Å². The van der Waals surface area contributed by atoms with Crippen LogP contribution in [0.3, 0.4) is 0 Å². The number of halogens is 2. The molecule has 4 rings (SSSR count). The minimum absolute atomic E-state index is 0. The summed E-state index contributed by atoms with van der Waals surface area (Å²) in [5.41, 5.74) is 2.86. The number of allylic oxidation sites excluding steroid dienone is 12. The van der Waals surface area contributed by atoms with Gasteiger partial charge in [-0.05, 0) is 58.9 Å². The zero-order chi connectivity index (χ0) is 13.9. The van der Waals surface area contributed by atoms with E-state index < -0.39 is 0 Å². The van der Waals surface area contributed by atoms with Gasteiger partial charge in [0.1, 0.15) is 0 Å². The Balaban J connectivity index is 0.000000372. The molecule has 118 valence electrons. The van der Waals surface area contributed by atoms with E-state index in [1.807, 2.05) is 0 Å². The average Bonchev–Trinajstić information content (AvgIpc) is 3.17. The Bertz CT molecular complexity index is 630. The van der Waals surface area contributed by atoms with Gasteiger partial charge in [-0.3, -0.25) is 0 Å². The predicted molar refractivity (Wildman–Crippen MR) is 95.0 cm³/mol. The first kappa shape index (κ1) is 23.2. The van der Waals surface area contributed by atoms with Crippen molar-refractivity contribution in [1.82, 2.24) is 0 Å². The van der Waals surface area contributed by atoms with Gasteiger partial charge >= 0.3 is 26.2 Å². The molecule has 0 saturated carbocycles. The second kappa shape index (κ2) is 11.0. The van der Waals surface area contributed by atoms with Gasteiger partial charge in [-0.15, -0.1) is 0 Å². The Morgan fingerprint density at radius 3 is 1.43 bits per heavy atom. The fourth-order valence-corrected chi connectivity index (χ4v) is 4.59. The zero-order valence-electron chi connectivity index (χ0n) is 13.2. The largest absolute Gasteiger partial charge is 2.00 e. The van der Waals surface area contributed by atoms with E-state index >= 15 is 0 Å². The van der Waals surface area contributed by atoms with Crippen LogP contribution in [0.25, 0.3) is 0 Å². The van der Waals surface area contributed by atoms with E-state index in [1.165, 1.54) is 51.0 Å². The molecule has 0 nitrogen and oxygen atoms in total. The molecule has 2 aliphatic heterocycles. The summed E-state index contributed by atoms with van der Waals surface area (Å²) in [7, 11) is 2.86. The van der Waals surface area contributed by atoms with Gasteiger partial charge in [-0.1, -0.05) is 54.6 Å². The Kier molecular flexibility index (Phi) is 11.1. The van der Waals surface area contributed by atoms with Crippen molar-refractivity contribution in [2.75, 3.05) is 0 Å². The van der Waals surface area contributed by atoms with Crippen LogP contribution in [0.2, 0.25) is 0 Å². The van der Waals surface area contributed by atoms with E-state index in [2.05, 4.69) is 62.5 Å². The molecule has 0 atom stereocenters. The zero-order valence-corrected chi connectivity index (χ0v) is 18.9. The predicted octanol–water partition coefficient (Wildman–Crippen LogP) is -0.177. The molecule has 0 aromatic heterocycles. The maximum Gasteiger partial charge on any atom is 2.00 e. The van der Waals surface area contributed by atoms with Crippen LogP contribution < -0.4 is 24.8 Å². The van der Waals surface area contributed by atoms with Crippen molar-refractivity contribution in [3.63, 3.8) is 0 Å².